The number of rotatable bonds is 5. The SMILES string of the molecule is CCc1ccc2c(c1)C=c1c-2cc(=C(c2ccccc2)c2ccccc2)c(CC)c1C1C=Cc2cc(C)c(C)cc21. The summed E-state index contributed by atoms with van der Waals surface area (Å²) >= 11 is 0. The molecule has 0 radical (unpaired) electrons. The summed E-state index contributed by atoms with van der Waals surface area (Å²) in [7, 11) is 0. The maximum atomic E-state index is 2.50. The van der Waals surface area contributed by atoms with Gasteiger partial charge in [0.25, 0.3) is 0 Å². The highest BCUT2D eigenvalue weighted by atomic mass is 14.3. The topological polar surface area (TPSA) is 0 Å². The summed E-state index contributed by atoms with van der Waals surface area (Å²) in [5.74, 6) is 0.233. The first-order chi connectivity index (χ1) is 20.1. The number of hydrogen-bond acceptors (Lipinski definition) is 0. The molecule has 0 spiro atoms. The molecule has 0 heterocycles. The molecule has 0 fully saturated rings. The Balaban J connectivity index is 1.64. The van der Waals surface area contributed by atoms with Gasteiger partial charge < -0.3 is 0 Å². The Hall–Kier alpha value is -4.42. The minimum Gasteiger partial charge on any atom is -0.0720 e. The molecule has 0 heteroatoms. The highest BCUT2D eigenvalue weighted by molar-refractivity contribution is 5.88. The third kappa shape index (κ3) is 4.21. The van der Waals surface area contributed by atoms with Crippen LogP contribution >= 0.6 is 0 Å². The molecular weight excluding hydrogens is 492 g/mol. The summed E-state index contributed by atoms with van der Waals surface area (Å²) in [4.78, 5) is 0. The van der Waals surface area contributed by atoms with Crippen molar-refractivity contribution in [1.29, 1.82) is 0 Å². The van der Waals surface area contributed by atoms with Crippen LogP contribution < -0.4 is 10.4 Å². The minimum absolute atomic E-state index is 0.233. The van der Waals surface area contributed by atoms with E-state index >= 15 is 0 Å². The zero-order valence-corrected chi connectivity index (χ0v) is 24.5. The van der Waals surface area contributed by atoms with Crippen molar-refractivity contribution >= 4 is 17.7 Å². The second-order valence-corrected chi connectivity index (χ2v) is 11.6. The average molecular weight is 529 g/mol. The maximum Gasteiger partial charge on any atom is 0.0287 e. The lowest BCUT2D eigenvalue weighted by molar-refractivity contribution is 0.965. The molecule has 0 nitrogen and oxygen atoms in total. The maximum absolute atomic E-state index is 2.50. The molecule has 0 aliphatic heterocycles. The molecular formula is C41H36. The lowest BCUT2D eigenvalue weighted by Crippen LogP contribution is -2.27. The van der Waals surface area contributed by atoms with Crippen LogP contribution in [0.4, 0.5) is 0 Å². The first-order valence-electron chi connectivity index (χ1n) is 15.0. The van der Waals surface area contributed by atoms with E-state index in [2.05, 4.69) is 143 Å². The summed E-state index contributed by atoms with van der Waals surface area (Å²) in [6.07, 6.45) is 9.28. The van der Waals surface area contributed by atoms with Gasteiger partial charge in [0.05, 0.1) is 0 Å². The third-order valence-electron chi connectivity index (χ3n) is 9.19. The molecule has 1 unspecified atom stereocenters. The van der Waals surface area contributed by atoms with Gasteiger partial charge in [-0.05, 0) is 122 Å². The summed E-state index contributed by atoms with van der Waals surface area (Å²) in [5, 5.41) is 2.75. The lowest BCUT2D eigenvalue weighted by Gasteiger charge is -2.21. The molecule has 1 atom stereocenters. The first-order valence-corrected chi connectivity index (χ1v) is 15.0. The molecule has 5 aromatic carbocycles. The van der Waals surface area contributed by atoms with Gasteiger partial charge in [-0.2, -0.15) is 0 Å². The van der Waals surface area contributed by atoms with Crippen molar-refractivity contribution in [1.82, 2.24) is 0 Å². The van der Waals surface area contributed by atoms with Crippen LogP contribution in [-0.2, 0) is 12.8 Å². The number of hydrogen-bond donors (Lipinski definition) is 0. The van der Waals surface area contributed by atoms with E-state index < -0.39 is 0 Å². The Morgan fingerprint density at radius 1 is 0.659 bits per heavy atom. The van der Waals surface area contributed by atoms with Gasteiger partial charge in [0.15, 0.2) is 0 Å². The molecule has 2 aliphatic rings. The van der Waals surface area contributed by atoms with Gasteiger partial charge in [0.2, 0.25) is 0 Å². The van der Waals surface area contributed by atoms with Crippen LogP contribution in [0.3, 0.4) is 0 Å². The number of fused-ring (bicyclic) bond motifs is 4. The van der Waals surface area contributed by atoms with Crippen molar-refractivity contribution < 1.29 is 0 Å². The summed E-state index contributed by atoms with van der Waals surface area (Å²) in [6.45, 7) is 9.05. The average Bonchev–Trinajstić information content (AvgIpc) is 3.58. The van der Waals surface area contributed by atoms with Gasteiger partial charge in [0, 0.05) is 5.92 Å². The van der Waals surface area contributed by atoms with Crippen molar-refractivity contribution in [2.24, 2.45) is 0 Å². The van der Waals surface area contributed by atoms with E-state index in [0.717, 1.165) is 12.8 Å². The van der Waals surface area contributed by atoms with E-state index in [1.165, 1.54) is 82.8 Å². The fraction of sp³-hybridized carbons (Fsp3) is 0.171. The zero-order chi connectivity index (χ0) is 28.1. The third-order valence-corrected chi connectivity index (χ3v) is 9.19. The Kier molecular flexibility index (Phi) is 6.36. The number of allylic oxidation sites excluding steroid dienone is 1. The van der Waals surface area contributed by atoms with Gasteiger partial charge in [-0.25, -0.2) is 0 Å². The highest BCUT2D eigenvalue weighted by Gasteiger charge is 2.28. The van der Waals surface area contributed by atoms with Crippen molar-refractivity contribution in [2.75, 3.05) is 0 Å². The molecule has 0 bridgehead atoms. The van der Waals surface area contributed by atoms with Gasteiger partial charge in [-0.3, -0.25) is 0 Å². The second-order valence-electron chi connectivity index (χ2n) is 11.6. The second kappa shape index (κ2) is 10.2. The Bertz CT molecular complexity index is 1910. The van der Waals surface area contributed by atoms with Crippen LogP contribution in [0.25, 0.3) is 28.9 Å². The highest BCUT2D eigenvalue weighted by Crippen LogP contribution is 2.39. The van der Waals surface area contributed by atoms with Crippen LogP contribution in [0.15, 0.2) is 103 Å². The molecule has 7 rings (SSSR count). The van der Waals surface area contributed by atoms with Gasteiger partial charge in [-0.15, -0.1) is 0 Å². The molecule has 0 N–H and O–H groups in total. The Morgan fingerprint density at radius 3 is 2.00 bits per heavy atom. The van der Waals surface area contributed by atoms with Crippen LogP contribution in [0, 0.1) is 13.8 Å². The van der Waals surface area contributed by atoms with Crippen LogP contribution in [0.1, 0.15) is 75.4 Å². The Morgan fingerprint density at radius 2 is 1.34 bits per heavy atom. The van der Waals surface area contributed by atoms with E-state index in [1.807, 2.05) is 0 Å². The van der Waals surface area contributed by atoms with E-state index in [-0.39, 0.29) is 5.92 Å². The van der Waals surface area contributed by atoms with Crippen molar-refractivity contribution in [2.45, 2.75) is 46.5 Å². The molecule has 0 saturated heterocycles. The van der Waals surface area contributed by atoms with Gasteiger partial charge >= 0.3 is 0 Å². The molecule has 200 valence electrons. The molecule has 0 saturated carbocycles. The van der Waals surface area contributed by atoms with Crippen molar-refractivity contribution in [3.8, 4) is 11.1 Å². The summed E-state index contributed by atoms with van der Waals surface area (Å²) < 4.78 is 0. The van der Waals surface area contributed by atoms with Crippen LogP contribution in [0.5, 0.6) is 0 Å². The predicted octanol–water partition coefficient (Wildman–Crippen LogP) is 8.64. The molecule has 41 heavy (non-hydrogen) atoms. The largest absolute Gasteiger partial charge is 0.0720 e. The quantitative estimate of drug-likeness (QED) is 0.210. The zero-order valence-electron chi connectivity index (χ0n) is 24.5. The molecule has 5 aromatic rings. The summed E-state index contributed by atoms with van der Waals surface area (Å²) in [5.41, 5.74) is 17.7. The molecule has 0 aromatic heterocycles. The summed E-state index contributed by atoms with van der Waals surface area (Å²) in [6, 6.07) is 36.3. The predicted molar refractivity (Wildman–Crippen MR) is 175 cm³/mol. The van der Waals surface area contributed by atoms with Gasteiger partial charge in [0.1, 0.15) is 0 Å². The smallest absolute Gasteiger partial charge is 0.0287 e. The molecule has 2 aliphatic carbocycles. The first kappa shape index (κ1) is 25.5. The standard InChI is InChI=1S/C41H36/c1-5-28-17-19-34-32(23-28)24-38-37(34)25-39(40(29-13-9-7-10-14-29)30-15-11-8-12-16-30)33(6-2)41(38)35-20-18-31-21-26(3)27(4)22-36(31)35/h7-25,35H,5-6H2,1-4H3. The fourth-order valence-corrected chi connectivity index (χ4v) is 6.97. The minimum atomic E-state index is 0.233. The van der Waals surface area contributed by atoms with Crippen LogP contribution in [0.2, 0.25) is 0 Å². The van der Waals surface area contributed by atoms with Gasteiger partial charge in [-0.1, -0.05) is 117 Å². The number of benzene rings is 5. The normalized spacial score (nSPS) is 14.4. The van der Waals surface area contributed by atoms with Crippen molar-refractivity contribution in [3.05, 3.63) is 169 Å². The van der Waals surface area contributed by atoms with E-state index in [1.54, 1.807) is 0 Å². The van der Waals surface area contributed by atoms with E-state index in [0.29, 0.717) is 0 Å². The monoisotopic (exact) mass is 528 g/mol. The van der Waals surface area contributed by atoms with E-state index in [4.69, 9.17) is 0 Å². The van der Waals surface area contributed by atoms with Crippen molar-refractivity contribution in [3.63, 3.8) is 0 Å². The Labute approximate surface area is 244 Å². The fourth-order valence-electron chi connectivity index (χ4n) is 6.97. The molecule has 0 amide bonds. The van der Waals surface area contributed by atoms with E-state index in [9.17, 15) is 0 Å². The lowest BCUT2D eigenvalue weighted by atomic mass is 9.82. The van der Waals surface area contributed by atoms with Crippen LogP contribution in [-0.4, -0.2) is 0 Å². The number of aryl methyl sites for hydroxylation is 3.